The summed E-state index contributed by atoms with van der Waals surface area (Å²) in [5.74, 6) is 1.11. The van der Waals surface area contributed by atoms with Crippen molar-refractivity contribution in [2.24, 2.45) is 17.6 Å². The fourth-order valence-electron chi connectivity index (χ4n) is 3.01. The first-order valence-corrected chi connectivity index (χ1v) is 6.60. The van der Waals surface area contributed by atoms with Gasteiger partial charge in [0.25, 0.3) is 6.01 Å². The zero-order chi connectivity index (χ0) is 12.3. The van der Waals surface area contributed by atoms with Gasteiger partial charge in [0, 0.05) is 12.6 Å². The van der Waals surface area contributed by atoms with E-state index >= 15 is 0 Å². The lowest BCUT2D eigenvalue weighted by Crippen LogP contribution is -2.46. The molecule has 0 unspecified atom stereocenters. The normalized spacial score (nSPS) is 26.2. The van der Waals surface area contributed by atoms with Gasteiger partial charge >= 0.3 is 0 Å². The lowest BCUT2D eigenvalue weighted by atomic mass is 9.87. The molecule has 4 nitrogen and oxygen atoms in total. The Morgan fingerprint density at radius 3 is 2.94 bits per heavy atom. The van der Waals surface area contributed by atoms with Gasteiger partial charge in [-0.2, -0.15) is 0 Å². The molecule has 0 aliphatic carbocycles. The number of nitrogens with zero attached hydrogens (tertiary/aromatic N) is 2. The lowest BCUT2D eigenvalue weighted by molar-refractivity contribution is 0.315. The minimum absolute atomic E-state index is 0.446. The summed E-state index contributed by atoms with van der Waals surface area (Å²) in [7, 11) is 0. The van der Waals surface area contributed by atoms with E-state index in [0.717, 1.165) is 19.1 Å². The number of nitrogens with two attached hydrogens (primary N) is 1. The summed E-state index contributed by atoms with van der Waals surface area (Å²) in [6, 6.07) is 1.20. The highest BCUT2D eigenvalue weighted by Crippen LogP contribution is 2.30. The molecule has 0 saturated carbocycles. The number of oxazole rings is 1. The molecule has 1 aromatic rings. The quantitative estimate of drug-likeness (QED) is 0.876. The summed E-state index contributed by atoms with van der Waals surface area (Å²) >= 11 is 0. The molecule has 0 amide bonds. The molecule has 0 bridgehead atoms. The van der Waals surface area contributed by atoms with Crippen molar-refractivity contribution in [3.05, 3.63) is 12.5 Å². The molecule has 1 aliphatic rings. The Morgan fingerprint density at radius 1 is 1.53 bits per heavy atom. The maximum absolute atomic E-state index is 5.94. The van der Waals surface area contributed by atoms with Crippen LogP contribution in [0, 0.1) is 11.8 Å². The van der Waals surface area contributed by atoms with Crippen molar-refractivity contribution in [3.63, 3.8) is 0 Å². The van der Waals surface area contributed by atoms with E-state index in [-0.39, 0.29) is 0 Å². The summed E-state index contributed by atoms with van der Waals surface area (Å²) in [6.45, 7) is 6.29. The molecule has 0 spiro atoms. The molecule has 2 N–H and O–H groups in total. The monoisotopic (exact) mass is 237 g/mol. The third kappa shape index (κ3) is 2.63. The van der Waals surface area contributed by atoms with Gasteiger partial charge in [0.05, 0.1) is 6.20 Å². The molecule has 17 heavy (non-hydrogen) atoms. The third-order valence-electron chi connectivity index (χ3n) is 3.72. The molecule has 1 saturated heterocycles. The summed E-state index contributed by atoms with van der Waals surface area (Å²) in [6.07, 6.45) is 7.03. The molecule has 2 heterocycles. The Kier molecular flexibility index (Phi) is 4.05. The van der Waals surface area contributed by atoms with Crippen LogP contribution in [0.3, 0.4) is 0 Å². The summed E-state index contributed by atoms with van der Waals surface area (Å²) in [5.41, 5.74) is 5.94. The largest absolute Gasteiger partial charge is 0.432 e. The molecule has 1 aliphatic heterocycles. The minimum atomic E-state index is 0.446. The van der Waals surface area contributed by atoms with Crippen LogP contribution in [0.2, 0.25) is 0 Å². The zero-order valence-electron chi connectivity index (χ0n) is 10.8. The molecular weight excluding hydrogens is 214 g/mol. The van der Waals surface area contributed by atoms with Crippen LogP contribution in [0.25, 0.3) is 0 Å². The molecular formula is C13H23N3O. The van der Waals surface area contributed by atoms with Crippen molar-refractivity contribution in [1.29, 1.82) is 0 Å². The first-order valence-electron chi connectivity index (χ1n) is 6.60. The van der Waals surface area contributed by atoms with Crippen molar-refractivity contribution in [1.82, 2.24) is 4.98 Å². The summed E-state index contributed by atoms with van der Waals surface area (Å²) in [4.78, 5) is 6.62. The molecule has 2 rings (SSSR count). The van der Waals surface area contributed by atoms with Gasteiger partial charge in [-0.3, -0.25) is 0 Å². The number of hydrogen-bond donors (Lipinski definition) is 1. The van der Waals surface area contributed by atoms with Crippen LogP contribution in [-0.2, 0) is 0 Å². The second-order valence-corrected chi connectivity index (χ2v) is 5.23. The molecule has 0 aromatic carbocycles. The maximum atomic E-state index is 5.94. The molecule has 1 aromatic heterocycles. The van der Waals surface area contributed by atoms with Crippen molar-refractivity contribution in [2.75, 3.05) is 18.0 Å². The topological polar surface area (TPSA) is 55.3 Å². The Hall–Kier alpha value is -1.03. The Balaban J connectivity index is 2.25. The molecule has 4 heteroatoms. The van der Waals surface area contributed by atoms with Crippen LogP contribution in [-0.4, -0.2) is 24.1 Å². The van der Waals surface area contributed by atoms with Gasteiger partial charge in [0.1, 0.15) is 6.26 Å². The van der Waals surface area contributed by atoms with Crippen LogP contribution >= 0.6 is 0 Å². The van der Waals surface area contributed by atoms with Crippen LogP contribution < -0.4 is 10.6 Å². The van der Waals surface area contributed by atoms with Crippen LogP contribution in [0.5, 0.6) is 0 Å². The second kappa shape index (κ2) is 5.54. The maximum Gasteiger partial charge on any atom is 0.297 e. The smallest absolute Gasteiger partial charge is 0.297 e. The first kappa shape index (κ1) is 12.4. The van der Waals surface area contributed by atoms with Gasteiger partial charge in [0.2, 0.25) is 0 Å². The molecule has 2 atom stereocenters. The SMILES string of the molecule is CC(C)[C@@H]1[C@@H](CN)CCCCN1c1ncco1. The average Bonchev–Trinajstić information content (AvgIpc) is 2.74. The van der Waals surface area contributed by atoms with Crippen molar-refractivity contribution in [3.8, 4) is 0 Å². The Bertz CT molecular complexity index is 323. The van der Waals surface area contributed by atoms with E-state index < -0.39 is 0 Å². The average molecular weight is 237 g/mol. The number of rotatable bonds is 3. The lowest BCUT2D eigenvalue weighted by Gasteiger charge is -2.36. The van der Waals surface area contributed by atoms with Crippen LogP contribution in [0.4, 0.5) is 6.01 Å². The Morgan fingerprint density at radius 2 is 2.35 bits per heavy atom. The van der Waals surface area contributed by atoms with Gasteiger partial charge in [-0.05, 0) is 31.2 Å². The van der Waals surface area contributed by atoms with Crippen molar-refractivity contribution >= 4 is 6.01 Å². The predicted octanol–water partition coefficient (Wildman–Crippen LogP) is 2.26. The van der Waals surface area contributed by atoms with Gasteiger partial charge < -0.3 is 15.1 Å². The van der Waals surface area contributed by atoms with Gasteiger partial charge in [-0.1, -0.05) is 20.3 Å². The van der Waals surface area contributed by atoms with Gasteiger partial charge in [-0.25, -0.2) is 4.98 Å². The highest BCUT2D eigenvalue weighted by molar-refractivity contribution is 5.28. The number of aromatic nitrogens is 1. The number of hydrogen-bond acceptors (Lipinski definition) is 4. The van der Waals surface area contributed by atoms with Gasteiger partial charge in [-0.15, -0.1) is 0 Å². The fourth-order valence-corrected chi connectivity index (χ4v) is 3.01. The van der Waals surface area contributed by atoms with Crippen molar-refractivity contribution in [2.45, 2.75) is 39.2 Å². The fraction of sp³-hybridized carbons (Fsp3) is 0.769. The molecule has 1 fully saturated rings. The Labute approximate surface area is 103 Å². The van der Waals surface area contributed by atoms with Gasteiger partial charge in [0.15, 0.2) is 0 Å². The molecule has 0 radical (unpaired) electrons. The zero-order valence-corrected chi connectivity index (χ0v) is 10.8. The van der Waals surface area contributed by atoms with Crippen molar-refractivity contribution < 1.29 is 4.42 Å². The van der Waals surface area contributed by atoms with E-state index in [0.29, 0.717) is 17.9 Å². The first-order chi connectivity index (χ1) is 8.24. The highest BCUT2D eigenvalue weighted by atomic mass is 16.4. The van der Waals surface area contributed by atoms with E-state index in [1.807, 2.05) is 0 Å². The minimum Gasteiger partial charge on any atom is -0.432 e. The predicted molar refractivity (Wildman–Crippen MR) is 68.9 cm³/mol. The highest BCUT2D eigenvalue weighted by Gasteiger charge is 2.33. The van der Waals surface area contributed by atoms with E-state index in [1.54, 1.807) is 12.5 Å². The van der Waals surface area contributed by atoms with Crippen LogP contribution in [0.1, 0.15) is 33.1 Å². The second-order valence-electron chi connectivity index (χ2n) is 5.23. The van der Waals surface area contributed by atoms with Crippen LogP contribution in [0.15, 0.2) is 16.9 Å². The summed E-state index contributed by atoms with van der Waals surface area (Å²) in [5, 5.41) is 0. The van der Waals surface area contributed by atoms with E-state index in [9.17, 15) is 0 Å². The third-order valence-corrected chi connectivity index (χ3v) is 3.72. The summed E-state index contributed by atoms with van der Waals surface area (Å²) < 4.78 is 5.48. The van der Waals surface area contributed by atoms with E-state index in [4.69, 9.17) is 10.2 Å². The molecule has 96 valence electrons. The van der Waals surface area contributed by atoms with E-state index in [1.165, 1.54) is 19.3 Å². The standard InChI is InChI=1S/C13H23N3O/c1-10(2)12-11(9-14)5-3-4-7-16(12)13-15-6-8-17-13/h6,8,10-12H,3-5,7,9,14H2,1-2H3/t11-,12-/m1/s1. The van der Waals surface area contributed by atoms with E-state index in [2.05, 4.69) is 23.7 Å². The number of anilines is 1.